The van der Waals surface area contributed by atoms with Gasteiger partial charge in [0.1, 0.15) is 4.99 Å². The van der Waals surface area contributed by atoms with Crippen molar-refractivity contribution in [2.24, 2.45) is 5.73 Å². The molecule has 2 rings (SSSR count). The Hall–Kier alpha value is -1.46. The molecule has 1 heterocycles. The highest BCUT2D eigenvalue weighted by Crippen LogP contribution is 2.17. The fraction of sp³-hybridized carbons (Fsp3) is 0.500. The number of carbonyl (C=O) groups excluding carboxylic acids is 1. The van der Waals surface area contributed by atoms with E-state index in [4.69, 9.17) is 18.0 Å². The number of rotatable bonds is 4. The van der Waals surface area contributed by atoms with E-state index < -0.39 is 0 Å². The Morgan fingerprint density at radius 3 is 2.29 bits per heavy atom. The molecule has 4 nitrogen and oxygen atoms in total. The average molecular weight is 305 g/mol. The molecule has 1 saturated heterocycles. The van der Waals surface area contributed by atoms with E-state index >= 15 is 0 Å². The SMILES string of the molecule is CCN1CCC(N(C)C(=O)c2ccc(C(N)=S)cc2)CC1. The zero-order valence-electron chi connectivity index (χ0n) is 12.7. The minimum Gasteiger partial charge on any atom is -0.389 e. The minimum atomic E-state index is 0.0689. The topological polar surface area (TPSA) is 49.6 Å². The van der Waals surface area contributed by atoms with E-state index in [-0.39, 0.29) is 5.91 Å². The van der Waals surface area contributed by atoms with Crippen molar-refractivity contribution < 1.29 is 4.79 Å². The van der Waals surface area contributed by atoms with Gasteiger partial charge >= 0.3 is 0 Å². The van der Waals surface area contributed by atoms with Gasteiger partial charge in [-0.3, -0.25) is 4.79 Å². The Morgan fingerprint density at radius 1 is 1.29 bits per heavy atom. The molecule has 0 radical (unpaired) electrons. The largest absolute Gasteiger partial charge is 0.389 e. The van der Waals surface area contributed by atoms with Crippen molar-refractivity contribution in [2.75, 3.05) is 26.7 Å². The number of nitrogens with two attached hydrogens (primary N) is 1. The van der Waals surface area contributed by atoms with Crippen LogP contribution in [0.4, 0.5) is 0 Å². The molecule has 0 aliphatic carbocycles. The maximum atomic E-state index is 12.5. The number of hydrogen-bond acceptors (Lipinski definition) is 3. The number of nitrogens with zero attached hydrogens (tertiary/aromatic N) is 2. The fourth-order valence-electron chi connectivity index (χ4n) is 2.77. The van der Waals surface area contributed by atoms with Crippen LogP contribution in [0.25, 0.3) is 0 Å². The molecular weight excluding hydrogens is 282 g/mol. The molecule has 1 aliphatic heterocycles. The highest BCUT2D eigenvalue weighted by molar-refractivity contribution is 7.80. The second-order valence-corrected chi connectivity index (χ2v) is 5.96. The lowest BCUT2D eigenvalue weighted by Gasteiger charge is -2.36. The maximum absolute atomic E-state index is 12.5. The van der Waals surface area contributed by atoms with Gasteiger partial charge in [0, 0.05) is 37.3 Å². The third kappa shape index (κ3) is 3.80. The molecule has 0 saturated carbocycles. The number of amides is 1. The van der Waals surface area contributed by atoms with Crippen LogP contribution in [0, 0.1) is 0 Å². The van der Waals surface area contributed by atoms with E-state index in [1.54, 1.807) is 12.1 Å². The lowest BCUT2D eigenvalue weighted by molar-refractivity contribution is 0.0647. The lowest BCUT2D eigenvalue weighted by Crippen LogP contribution is -2.45. The summed E-state index contributed by atoms with van der Waals surface area (Å²) in [5.74, 6) is 0.0689. The van der Waals surface area contributed by atoms with E-state index in [2.05, 4.69) is 11.8 Å². The fourth-order valence-corrected chi connectivity index (χ4v) is 2.91. The molecule has 1 aliphatic rings. The number of carbonyl (C=O) groups is 1. The second kappa shape index (κ2) is 7.00. The normalized spacial score (nSPS) is 16.7. The molecule has 1 fully saturated rings. The number of thiocarbonyl (C=S) groups is 1. The molecule has 0 unspecified atom stereocenters. The van der Waals surface area contributed by atoms with Crippen molar-refractivity contribution in [3.8, 4) is 0 Å². The Kier molecular flexibility index (Phi) is 5.31. The molecule has 1 aromatic carbocycles. The summed E-state index contributed by atoms with van der Waals surface area (Å²) >= 11 is 4.93. The van der Waals surface area contributed by atoms with Crippen LogP contribution in [-0.2, 0) is 0 Å². The maximum Gasteiger partial charge on any atom is 0.253 e. The quantitative estimate of drug-likeness (QED) is 0.863. The molecular formula is C16H23N3OS. The van der Waals surface area contributed by atoms with Gasteiger partial charge < -0.3 is 15.5 Å². The van der Waals surface area contributed by atoms with Gasteiger partial charge in [-0.15, -0.1) is 0 Å². The Balaban J connectivity index is 2.00. The smallest absolute Gasteiger partial charge is 0.253 e. The second-order valence-electron chi connectivity index (χ2n) is 5.52. The summed E-state index contributed by atoms with van der Waals surface area (Å²) in [4.78, 5) is 17.2. The summed E-state index contributed by atoms with van der Waals surface area (Å²) in [6.07, 6.45) is 2.09. The Labute approximate surface area is 131 Å². The average Bonchev–Trinajstić information content (AvgIpc) is 2.53. The standard InChI is InChI=1S/C16H23N3OS/c1-3-19-10-8-14(9-11-19)18(2)16(20)13-6-4-12(5-7-13)15(17)21/h4-7,14H,3,8-11H2,1-2H3,(H2,17,21). The van der Waals surface area contributed by atoms with Gasteiger partial charge in [0.05, 0.1) is 0 Å². The predicted molar refractivity (Wildman–Crippen MR) is 89.6 cm³/mol. The van der Waals surface area contributed by atoms with Gasteiger partial charge in [-0.1, -0.05) is 31.3 Å². The zero-order valence-corrected chi connectivity index (χ0v) is 13.5. The van der Waals surface area contributed by atoms with Crippen molar-refractivity contribution in [3.05, 3.63) is 35.4 Å². The van der Waals surface area contributed by atoms with Crippen LogP contribution in [0.3, 0.4) is 0 Å². The molecule has 21 heavy (non-hydrogen) atoms. The minimum absolute atomic E-state index is 0.0689. The summed E-state index contributed by atoms with van der Waals surface area (Å²) < 4.78 is 0. The van der Waals surface area contributed by atoms with Crippen molar-refractivity contribution in [3.63, 3.8) is 0 Å². The first-order valence-corrected chi connectivity index (χ1v) is 7.83. The zero-order chi connectivity index (χ0) is 15.4. The monoisotopic (exact) mass is 305 g/mol. The molecule has 0 aromatic heterocycles. The van der Waals surface area contributed by atoms with E-state index in [1.165, 1.54) is 0 Å². The first kappa shape index (κ1) is 15.9. The Morgan fingerprint density at radius 2 is 1.81 bits per heavy atom. The molecule has 1 amide bonds. The van der Waals surface area contributed by atoms with Crippen LogP contribution in [-0.4, -0.2) is 53.4 Å². The van der Waals surface area contributed by atoms with Crippen molar-refractivity contribution in [1.82, 2.24) is 9.80 Å². The first-order chi connectivity index (χ1) is 10.0. The van der Waals surface area contributed by atoms with Gasteiger partial charge in [-0.2, -0.15) is 0 Å². The van der Waals surface area contributed by atoms with Gasteiger partial charge in [0.25, 0.3) is 5.91 Å². The number of piperidine rings is 1. The molecule has 114 valence electrons. The van der Waals surface area contributed by atoms with Crippen LogP contribution >= 0.6 is 12.2 Å². The lowest BCUT2D eigenvalue weighted by atomic mass is 10.0. The van der Waals surface area contributed by atoms with Gasteiger partial charge in [0.15, 0.2) is 0 Å². The number of likely N-dealkylation sites (tertiary alicyclic amines) is 1. The summed E-state index contributed by atoms with van der Waals surface area (Å²) in [6, 6.07) is 7.55. The van der Waals surface area contributed by atoms with Gasteiger partial charge in [-0.25, -0.2) is 0 Å². The third-order valence-electron chi connectivity index (χ3n) is 4.29. The molecule has 5 heteroatoms. The molecule has 1 aromatic rings. The van der Waals surface area contributed by atoms with Crippen LogP contribution in [0.1, 0.15) is 35.7 Å². The number of hydrogen-bond donors (Lipinski definition) is 1. The predicted octanol–water partition coefficient (Wildman–Crippen LogP) is 1.88. The summed E-state index contributed by atoms with van der Waals surface area (Å²) in [5.41, 5.74) is 7.06. The van der Waals surface area contributed by atoms with Crippen LogP contribution in [0.2, 0.25) is 0 Å². The third-order valence-corrected chi connectivity index (χ3v) is 4.52. The number of benzene rings is 1. The highest BCUT2D eigenvalue weighted by atomic mass is 32.1. The van der Waals surface area contributed by atoms with E-state index in [9.17, 15) is 4.79 Å². The van der Waals surface area contributed by atoms with Crippen LogP contribution in [0.5, 0.6) is 0 Å². The molecule has 0 spiro atoms. The van der Waals surface area contributed by atoms with E-state index in [0.717, 1.165) is 38.0 Å². The molecule has 2 N–H and O–H groups in total. The Bertz CT molecular complexity index is 507. The molecule has 0 bridgehead atoms. The van der Waals surface area contributed by atoms with E-state index in [1.807, 2.05) is 24.1 Å². The molecule has 0 atom stereocenters. The van der Waals surface area contributed by atoms with Crippen molar-refractivity contribution >= 4 is 23.1 Å². The van der Waals surface area contributed by atoms with Crippen molar-refractivity contribution in [2.45, 2.75) is 25.8 Å². The van der Waals surface area contributed by atoms with Crippen molar-refractivity contribution in [1.29, 1.82) is 0 Å². The summed E-state index contributed by atoms with van der Waals surface area (Å²) in [5, 5.41) is 0. The highest BCUT2D eigenvalue weighted by Gasteiger charge is 2.25. The van der Waals surface area contributed by atoms with Gasteiger partial charge in [0.2, 0.25) is 0 Å². The van der Waals surface area contributed by atoms with Crippen LogP contribution in [0.15, 0.2) is 24.3 Å². The van der Waals surface area contributed by atoms with Gasteiger partial charge in [-0.05, 0) is 31.5 Å². The van der Waals surface area contributed by atoms with Crippen LogP contribution < -0.4 is 5.73 Å². The first-order valence-electron chi connectivity index (χ1n) is 7.42. The summed E-state index contributed by atoms with van der Waals surface area (Å²) in [6.45, 7) is 5.40. The summed E-state index contributed by atoms with van der Waals surface area (Å²) in [7, 11) is 1.90. The van der Waals surface area contributed by atoms with E-state index in [0.29, 0.717) is 16.6 Å².